The third-order valence-corrected chi connectivity index (χ3v) is 4.58. The second-order valence-corrected chi connectivity index (χ2v) is 6.58. The SMILES string of the molecule is CCOc1ccc(Nc2ncnc(Sc3ccc(Cl)cc3)c2N)cc1. The van der Waals surface area contributed by atoms with E-state index in [1.54, 1.807) is 0 Å². The first-order chi connectivity index (χ1) is 12.2. The molecule has 25 heavy (non-hydrogen) atoms. The van der Waals surface area contributed by atoms with E-state index in [4.69, 9.17) is 22.1 Å². The van der Waals surface area contributed by atoms with E-state index >= 15 is 0 Å². The number of nitrogens with zero attached hydrogens (tertiary/aromatic N) is 2. The minimum absolute atomic E-state index is 0.497. The van der Waals surface area contributed by atoms with E-state index in [0.717, 1.165) is 16.3 Å². The highest BCUT2D eigenvalue weighted by Gasteiger charge is 2.10. The van der Waals surface area contributed by atoms with E-state index in [9.17, 15) is 0 Å². The van der Waals surface area contributed by atoms with E-state index in [1.807, 2.05) is 55.5 Å². The van der Waals surface area contributed by atoms with Gasteiger partial charge in [-0.1, -0.05) is 23.4 Å². The lowest BCUT2D eigenvalue weighted by atomic mass is 10.3. The second kappa shape index (κ2) is 8.09. The average Bonchev–Trinajstić information content (AvgIpc) is 2.62. The molecule has 0 saturated carbocycles. The molecule has 0 atom stereocenters. The molecule has 1 aromatic heterocycles. The van der Waals surface area contributed by atoms with Crippen molar-refractivity contribution in [1.29, 1.82) is 0 Å². The smallest absolute Gasteiger partial charge is 0.158 e. The van der Waals surface area contributed by atoms with Crippen molar-refractivity contribution in [3.63, 3.8) is 0 Å². The molecule has 128 valence electrons. The summed E-state index contributed by atoms with van der Waals surface area (Å²) in [7, 11) is 0. The minimum atomic E-state index is 0.497. The van der Waals surface area contributed by atoms with Gasteiger partial charge < -0.3 is 15.8 Å². The standard InChI is InChI=1S/C18H17ClN4OS/c1-2-24-14-7-5-13(6-8-14)23-17-16(20)18(22-11-21-17)25-15-9-3-12(19)4-10-15/h3-11H,2,20H2,1H3,(H,21,22,23). The van der Waals surface area contributed by atoms with Crippen molar-refractivity contribution in [2.45, 2.75) is 16.8 Å². The average molecular weight is 373 g/mol. The van der Waals surface area contributed by atoms with Crippen molar-refractivity contribution in [2.75, 3.05) is 17.7 Å². The predicted molar refractivity (Wildman–Crippen MR) is 103 cm³/mol. The molecule has 0 saturated heterocycles. The number of halogens is 1. The number of nitrogens with two attached hydrogens (primary N) is 1. The van der Waals surface area contributed by atoms with Crippen LogP contribution in [0, 0.1) is 0 Å². The molecule has 1 heterocycles. The van der Waals surface area contributed by atoms with Gasteiger partial charge in [0, 0.05) is 15.6 Å². The lowest BCUT2D eigenvalue weighted by Crippen LogP contribution is -2.02. The zero-order valence-electron chi connectivity index (χ0n) is 13.6. The van der Waals surface area contributed by atoms with Gasteiger partial charge >= 0.3 is 0 Å². The quantitative estimate of drug-likeness (QED) is 0.593. The molecule has 0 spiro atoms. The summed E-state index contributed by atoms with van der Waals surface area (Å²) in [6.07, 6.45) is 1.49. The fraction of sp³-hybridized carbons (Fsp3) is 0.111. The highest BCUT2D eigenvalue weighted by atomic mass is 35.5. The Bertz CT molecular complexity index is 841. The molecule has 0 aliphatic heterocycles. The Morgan fingerprint density at radius 1 is 1.08 bits per heavy atom. The number of nitrogens with one attached hydrogen (secondary N) is 1. The van der Waals surface area contributed by atoms with Gasteiger partial charge in [-0.05, 0) is 55.5 Å². The molecule has 7 heteroatoms. The summed E-state index contributed by atoms with van der Waals surface area (Å²) >= 11 is 7.38. The van der Waals surface area contributed by atoms with Crippen LogP contribution in [0.3, 0.4) is 0 Å². The molecule has 3 rings (SSSR count). The molecular weight excluding hydrogens is 356 g/mol. The normalized spacial score (nSPS) is 10.5. The summed E-state index contributed by atoms with van der Waals surface area (Å²) < 4.78 is 5.44. The summed E-state index contributed by atoms with van der Waals surface area (Å²) in [6, 6.07) is 15.1. The fourth-order valence-corrected chi connectivity index (χ4v) is 3.04. The van der Waals surface area contributed by atoms with Crippen LogP contribution in [0.15, 0.2) is 64.8 Å². The van der Waals surface area contributed by atoms with Crippen LogP contribution < -0.4 is 15.8 Å². The Morgan fingerprint density at radius 3 is 2.48 bits per heavy atom. The Hall–Kier alpha value is -2.44. The Morgan fingerprint density at radius 2 is 1.80 bits per heavy atom. The zero-order chi connectivity index (χ0) is 17.6. The van der Waals surface area contributed by atoms with Gasteiger partial charge in [-0.3, -0.25) is 0 Å². The van der Waals surface area contributed by atoms with Crippen LogP contribution in [0.1, 0.15) is 6.92 Å². The summed E-state index contributed by atoms with van der Waals surface area (Å²) in [5, 5.41) is 4.59. The van der Waals surface area contributed by atoms with E-state index in [0.29, 0.717) is 28.2 Å². The van der Waals surface area contributed by atoms with Crippen molar-refractivity contribution < 1.29 is 4.74 Å². The topological polar surface area (TPSA) is 73.1 Å². The van der Waals surface area contributed by atoms with Crippen molar-refractivity contribution in [3.05, 3.63) is 59.9 Å². The summed E-state index contributed by atoms with van der Waals surface area (Å²) in [4.78, 5) is 9.51. The van der Waals surface area contributed by atoms with Crippen molar-refractivity contribution in [1.82, 2.24) is 9.97 Å². The maximum atomic E-state index is 6.23. The number of hydrogen-bond acceptors (Lipinski definition) is 6. The summed E-state index contributed by atoms with van der Waals surface area (Å²) in [5.74, 6) is 1.39. The van der Waals surface area contributed by atoms with Crippen LogP contribution in [-0.4, -0.2) is 16.6 Å². The molecule has 0 fully saturated rings. The fourth-order valence-electron chi connectivity index (χ4n) is 2.11. The third-order valence-electron chi connectivity index (χ3n) is 3.30. The van der Waals surface area contributed by atoms with Crippen LogP contribution >= 0.6 is 23.4 Å². The maximum Gasteiger partial charge on any atom is 0.158 e. The third kappa shape index (κ3) is 4.55. The monoisotopic (exact) mass is 372 g/mol. The molecule has 0 aliphatic carbocycles. The molecule has 3 aromatic rings. The largest absolute Gasteiger partial charge is 0.494 e. The van der Waals surface area contributed by atoms with Gasteiger partial charge in [-0.2, -0.15) is 0 Å². The molecule has 0 amide bonds. The van der Waals surface area contributed by atoms with Gasteiger partial charge in [0.15, 0.2) is 5.82 Å². The van der Waals surface area contributed by atoms with Crippen LogP contribution in [0.4, 0.5) is 17.2 Å². The molecule has 0 bridgehead atoms. The van der Waals surface area contributed by atoms with E-state index < -0.39 is 0 Å². The highest BCUT2D eigenvalue weighted by molar-refractivity contribution is 7.99. The molecule has 3 N–H and O–H groups in total. The second-order valence-electron chi connectivity index (χ2n) is 5.08. The number of aromatic nitrogens is 2. The molecule has 0 radical (unpaired) electrons. The predicted octanol–water partition coefficient (Wildman–Crippen LogP) is 5.01. The zero-order valence-corrected chi connectivity index (χ0v) is 15.1. The van der Waals surface area contributed by atoms with Gasteiger partial charge in [0.25, 0.3) is 0 Å². The first kappa shape index (κ1) is 17.4. The maximum absolute atomic E-state index is 6.23. The number of rotatable bonds is 6. The molecular formula is C18H17ClN4OS. The Balaban J connectivity index is 1.77. The van der Waals surface area contributed by atoms with Crippen molar-refractivity contribution in [3.8, 4) is 5.75 Å². The number of nitrogen functional groups attached to an aromatic ring is 1. The van der Waals surface area contributed by atoms with Crippen molar-refractivity contribution >= 4 is 40.6 Å². The lowest BCUT2D eigenvalue weighted by Gasteiger charge is -2.11. The van der Waals surface area contributed by atoms with E-state index in [1.165, 1.54) is 18.1 Å². The number of anilines is 3. The van der Waals surface area contributed by atoms with Crippen LogP contribution in [0.5, 0.6) is 5.75 Å². The van der Waals surface area contributed by atoms with Crippen LogP contribution in [0.2, 0.25) is 5.02 Å². The van der Waals surface area contributed by atoms with Gasteiger partial charge in [0.05, 0.1) is 6.61 Å². The first-order valence-corrected chi connectivity index (χ1v) is 8.89. The van der Waals surface area contributed by atoms with Crippen LogP contribution in [-0.2, 0) is 0 Å². The molecule has 0 unspecified atom stereocenters. The Kier molecular flexibility index (Phi) is 5.63. The van der Waals surface area contributed by atoms with Gasteiger partial charge in [0.2, 0.25) is 0 Å². The first-order valence-electron chi connectivity index (χ1n) is 7.69. The summed E-state index contributed by atoms with van der Waals surface area (Å²) in [6.45, 7) is 2.59. The number of ether oxygens (including phenoxy) is 1. The minimum Gasteiger partial charge on any atom is -0.494 e. The summed E-state index contributed by atoms with van der Waals surface area (Å²) in [5.41, 5.74) is 7.60. The Labute approximate surface area is 155 Å². The molecule has 5 nitrogen and oxygen atoms in total. The number of hydrogen-bond donors (Lipinski definition) is 2. The highest BCUT2D eigenvalue weighted by Crippen LogP contribution is 2.34. The lowest BCUT2D eigenvalue weighted by molar-refractivity contribution is 0.340. The van der Waals surface area contributed by atoms with Gasteiger partial charge in [-0.15, -0.1) is 0 Å². The van der Waals surface area contributed by atoms with E-state index in [2.05, 4.69) is 15.3 Å². The van der Waals surface area contributed by atoms with Gasteiger partial charge in [-0.25, -0.2) is 9.97 Å². The molecule has 2 aromatic carbocycles. The van der Waals surface area contributed by atoms with Crippen LogP contribution in [0.25, 0.3) is 0 Å². The van der Waals surface area contributed by atoms with Gasteiger partial charge in [0.1, 0.15) is 22.8 Å². The van der Waals surface area contributed by atoms with E-state index in [-0.39, 0.29) is 0 Å². The van der Waals surface area contributed by atoms with Crippen molar-refractivity contribution in [2.24, 2.45) is 0 Å². The molecule has 0 aliphatic rings. The number of benzene rings is 2.